The van der Waals surface area contributed by atoms with Crippen LogP contribution in [0.15, 0.2) is 54.7 Å². The van der Waals surface area contributed by atoms with Crippen LogP contribution in [0.5, 0.6) is 5.75 Å². The van der Waals surface area contributed by atoms with E-state index < -0.39 is 0 Å². The first-order chi connectivity index (χ1) is 10.3. The maximum absolute atomic E-state index is 6.21. The van der Waals surface area contributed by atoms with Gasteiger partial charge in [0.2, 0.25) is 0 Å². The second-order valence-corrected chi connectivity index (χ2v) is 5.07. The van der Waals surface area contributed by atoms with Crippen molar-refractivity contribution >= 4 is 28.1 Å². The maximum Gasteiger partial charge on any atom is 0.130 e. The van der Waals surface area contributed by atoms with Crippen LogP contribution in [-0.2, 0) is 6.61 Å². The van der Waals surface area contributed by atoms with Crippen LogP contribution in [0.25, 0.3) is 10.8 Å². The van der Waals surface area contributed by atoms with Gasteiger partial charge in [0.1, 0.15) is 12.4 Å². The monoisotopic (exact) mass is 298 g/mol. The second-order valence-electron chi connectivity index (χ2n) is 4.67. The summed E-state index contributed by atoms with van der Waals surface area (Å²) in [5.74, 6) is 0.812. The Hall–Kier alpha value is -2.26. The fraction of sp³-hybridized carbons (Fsp3) is 0.118. The number of rotatable bonds is 4. The molecule has 3 nitrogen and oxygen atoms in total. The van der Waals surface area contributed by atoms with E-state index in [0.29, 0.717) is 6.61 Å². The average molecular weight is 299 g/mol. The number of ether oxygens (including phenoxy) is 1. The number of halogens is 1. The Morgan fingerprint density at radius 2 is 1.90 bits per heavy atom. The van der Waals surface area contributed by atoms with E-state index in [1.807, 2.05) is 55.6 Å². The Kier molecular flexibility index (Phi) is 3.93. The molecule has 21 heavy (non-hydrogen) atoms. The van der Waals surface area contributed by atoms with Gasteiger partial charge >= 0.3 is 0 Å². The van der Waals surface area contributed by atoms with E-state index in [2.05, 4.69) is 10.3 Å². The summed E-state index contributed by atoms with van der Waals surface area (Å²) < 4.78 is 5.91. The number of hydrogen-bond donors (Lipinski definition) is 1. The highest BCUT2D eigenvalue weighted by Gasteiger charge is 2.06. The van der Waals surface area contributed by atoms with Gasteiger partial charge in [0.15, 0.2) is 0 Å². The largest absolute Gasteiger partial charge is 0.487 e. The molecule has 4 heteroatoms. The van der Waals surface area contributed by atoms with Crippen molar-refractivity contribution in [2.45, 2.75) is 6.61 Å². The van der Waals surface area contributed by atoms with Crippen LogP contribution < -0.4 is 10.1 Å². The van der Waals surface area contributed by atoms with Crippen molar-refractivity contribution in [1.82, 2.24) is 4.98 Å². The van der Waals surface area contributed by atoms with Gasteiger partial charge in [0.25, 0.3) is 0 Å². The number of hydrogen-bond acceptors (Lipinski definition) is 3. The van der Waals surface area contributed by atoms with Gasteiger partial charge in [-0.15, -0.1) is 0 Å². The minimum Gasteiger partial charge on any atom is -0.487 e. The molecule has 106 valence electrons. The van der Waals surface area contributed by atoms with Gasteiger partial charge in [-0.05, 0) is 24.3 Å². The highest BCUT2D eigenvalue weighted by Crippen LogP contribution is 2.31. The van der Waals surface area contributed by atoms with E-state index in [9.17, 15) is 0 Å². The minimum absolute atomic E-state index is 0.418. The Bertz CT molecular complexity index is 774. The predicted molar refractivity (Wildman–Crippen MR) is 87.1 cm³/mol. The van der Waals surface area contributed by atoms with Crippen molar-refractivity contribution in [3.8, 4) is 5.75 Å². The Morgan fingerprint density at radius 3 is 2.71 bits per heavy atom. The summed E-state index contributed by atoms with van der Waals surface area (Å²) in [4.78, 5) is 4.31. The molecule has 2 aromatic carbocycles. The van der Waals surface area contributed by atoms with Crippen molar-refractivity contribution in [1.29, 1.82) is 0 Å². The smallest absolute Gasteiger partial charge is 0.130 e. The molecule has 0 bridgehead atoms. The first-order valence-corrected chi connectivity index (χ1v) is 7.08. The highest BCUT2D eigenvalue weighted by atomic mass is 35.5. The van der Waals surface area contributed by atoms with Crippen LogP contribution in [0.3, 0.4) is 0 Å². The lowest BCUT2D eigenvalue weighted by atomic mass is 10.1. The molecule has 0 saturated carbocycles. The molecule has 0 amide bonds. The second kappa shape index (κ2) is 6.02. The molecule has 0 fully saturated rings. The quantitative estimate of drug-likeness (QED) is 0.769. The molecular formula is C17H15ClN2O. The van der Waals surface area contributed by atoms with Crippen molar-refractivity contribution in [3.05, 3.63) is 65.4 Å². The fourth-order valence-electron chi connectivity index (χ4n) is 2.22. The molecule has 0 aliphatic rings. The SMILES string of the molecule is CNc1ccnc(COc2ccc(Cl)c3ccccc23)c1. The maximum atomic E-state index is 6.21. The van der Waals surface area contributed by atoms with Crippen LogP contribution in [-0.4, -0.2) is 12.0 Å². The van der Waals surface area contributed by atoms with Gasteiger partial charge in [-0.2, -0.15) is 0 Å². The standard InChI is InChI=1S/C17H15ClN2O/c1-19-12-8-9-20-13(10-12)11-21-17-7-6-16(18)14-4-2-3-5-15(14)17/h2-10H,11H2,1H3,(H,19,20). The van der Waals surface area contributed by atoms with Gasteiger partial charge in [-0.25, -0.2) is 0 Å². The van der Waals surface area contributed by atoms with Gasteiger partial charge < -0.3 is 10.1 Å². The lowest BCUT2D eigenvalue weighted by Crippen LogP contribution is -2.00. The molecule has 1 heterocycles. The van der Waals surface area contributed by atoms with Crippen LogP contribution >= 0.6 is 11.6 Å². The van der Waals surface area contributed by atoms with E-state index in [1.54, 1.807) is 6.20 Å². The third-order valence-electron chi connectivity index (χ3n) is 3.31. The summed E-state index contributed by atoms with van der Waals surface area (Å²) >= 11 is 6.21. The molecule has 0 unspecified atom stereocenters. The number of anilines is 1. The molecule has 0 aliphatic carbocycles. The molecule has 0 radical (unpaired) electrons. The van der Waals surface area contributed by atoms with Crippen molar-refractivity contribution in [2.24, 2.45) is 0 Å². The zero-order valence-electron chi connectivity index (χ0n) is 11.6. The molecule has 0 spiro atoms. The summed E-state index contributed by atoms with van der Waals surface area (Å²) in [6, 6.07) is 15.6. The number of aromatic nitrogens is 1. The Balaban J connectivity index is 1.87. The molecule has 1 N–H and O–H groups in total. The summed E-state index contributed by atoms with van der Waals surface area (Å²) in [6.07, 6.45) is 1.77. The molecule has 0 aliphatic heterocycles. The third kappa shape index (κ3) is 2.93. The lowest BCUT2D eigenvalue weighted by Gasteiger charge is -2.10. The van der Waals surface area contributed by atoms with Crippen LogP contribution in [0.2, 0.25) is 5.02 Å². The van der Waals surface area contributed by atoms with Crippen molar-refractivity contribution in [3.63, 3.8) is 0 Å². The Labute approximate surface area is 128 Å². The number of nitrogens with one attached hydrogen (secondary N) is 1. The van der Waals surface area contributed by atoms with Crippen LogP contribution in [0.1, 0.15) is 5.69 Å². The van der Waals surface area contributed by atoms with E-state index in [0.717, 1.165) is 32.9 Å². The molecule has 0 saturated heterocycles. The van der Waals surface area contributed by atoms with Crippen molar-refractivity contribution in [2.75, 3.05) is 12.4 Å². The van der Waals surface area contributed by atoms with Crippen molar-refractivity contribution < 1.29 is 4.74 Å². The zero-order chi connectivity index (χ0) is 14.7. The lowest BCUT2D eigenvalue weighted by molar-refractivity contribution is 0.305. The van der Waals surface area contributed by atoms with Gasteiger partial charge in [0.05, 0.1) is 5.69 Å². The molecule has 3 rings (SSSR count). The number of pyridine rings is 1. The van der Waals surface area contributed by atoms with Gasteiger partial charge in [0, 0.05) is 34.7 Å². The van der Waals surface area contributed by atoms with E-state index in [4.69, 9.17) is 16.3 Å². The topological polar surface area (TPSA) is 34.2 Å². The predicted octanol–water partition coefficient (Wildman–Crippen LogP) is 4.51. The minimum atomic E-state index is 0.418. The summed E-state index contributed by atoms with van der Waals surface area (Å²) in [5, 5.41) is 5.82. The Morgan fingerprint density at radius 1 is 1.10 bits per heavy atom. The normalized spacial score (nSPS) is 10.6. The molecule has 1 aromatic heterocycles. The first kappa shape index (κ1) is 13.7. The summed E-state index contributed by atoms with van der Waals surface area (Å²) in [5.41, 5.74) is 1.89. The number of benzene rings is 2. The van der Waals surface area contributed by atoms with Crippen LogP contribution in [0, 0.1) is 0 Å². The number of nitrogens with zero attached hydrogens (tertiary/aromatic N) is 1. The van der Waals surface area contributed by atoms with Crippen LogP contribution in [0.4, 0.5) is 5.69 Å². The summed E-state index contributed by atoms with van der Waals surface area (Å²) in [7, 11) is 1.88. The number of fused-ring (bicyclic) bond motifs is 1. The van der Waals surface area contributed by atoms with E-state index in [1.165, 1.54) is 0 Å². The molecule has 3 aromatic rings. The van der Waals surface area contributed by atoms with E-state index in [-0.39, 0.29) is 0 Å². The molecular weight excluding hydrogens is 284 g/mol. The fourth-order valence-corrected chi connectivity index (χ4v) is 2.45. The average Bonchev–Trinajstić information content (AvgIpc) is 2.55. The highest BCUT2D eigenvalue weighted by molar-refractivity contribution is 6.35. The summed E-state index contributed by atoms with van der Waals surface area (Å²) in [6.45, 7) is 0.418. The molecule has 0 atom stereocenters. The zero-order valence-corrected chi connectivity index (χ0v) is 12.4. The van der Waals surface area contributed by atoms with Gasteiger partial charge in [-0.1, -0.05) is 35.9 Å². The third-order valence-corrected chi connectivity index (χ3v) is 3.64. The first-order valence-electron chi connectivity index (χ1n) is 6.70. The van der Waals surface area contributed by atoms with E-state index >= 15 is 0 Å². The van der Waals surface area contributed by atoms with Gasteiger partial charge in [-0.3, -0.25) is 4.98 Å².